The molecule has 0 unspecified atom stereocenters. The monoisotopic (exact) mass is 283 g/mol. The third-order valence-corrected chi connectivity index (χ3v) is 3.14. The van der Waals surface area contributed by atoms with Crippen LogP contribution in [0.5, 0.6) is 0 Å². The van der Waals surface area contributed by atoms with Crippen LogP contribution < -0.4 is 0 Å². The maximum absolute atomic E-state index is 2.55. The van der Waals surface area contributed by atoms with Crippen LogP contribution in [0.3, 0.4) is 0 Å². The summed E-state index contributed by atoms with van der Waals surface area (Å²) in [6, 6.07) is 18.7. The second-order valence-corrected chi connectivity index (χ2v) is 4.59. The molecule has 0 amide bonds. The Morgan fingerprint density at radius 1 is 0.944 bits per heavy atom. The predicted octanol–water partition coefficient (Wildman–Crippen LogP) is 3.79. The van der Waals surface area contributed by atoms with E-state index in [2.05, 4.69) is 29.2 Å². The van der Waals surface area contributed by atoms with Gasteiger partial charge in [0.15, 0.2) is 0 Å². The van der Waals surface area contributed by atoms with E-state index in [9.17, 15) is 0 Å². The van der Waals surface area contributed by atoms with E-state index in [4.69, 9.17) is 0 Å². The zero-order valence-electron chi connectivity index (χ0n) is 10.7. The van der Waals surface area contributed by atoms with Crippen molar-refractivity contribution in [3.05, 3.63) is 60.2 Å². The first-order valence-electron chi connectivity index (χ1n) is 6.55. The molecule has 2 heteroatoms. The molecule has 1 fully saturated rings. The van der Waals surface area contributed by atoms with Crippen molar-refractivity contribution in [2.75, 3.05) is 13.1 Å². The smallest absolute Gasteiger partial charge is 0 e. The average molecular weight is 283 g/mol. The van der Waals surface area contributed by atoms with E-state index in [0.717, 1.165) is 6.54 Å². The third kappa shape index (κ3) is 5.68. The number of nitrogens with zero attached hydrogens (tertiary/aromatic N) is 1. The van der Waals surface area contributed by atoms with Gasteiger partial charge in [-0.15, -0.1) is 0 Å². The van der Waals surface area contributed by atoms with Gasteiger partial charge in [-0.05, 0) is 25.9 Å². The van der Waals surface area contributed by atoms with Gasteiger partial charge in [-0.1, -0.05) is 6.42 Å². The standard InChI is InChI=1S/C11H16N.C5H5.Fe/c1-4-8-12(9-5-1)10-11-6-2-3-7-11;1-2-4-5-3-1;/h2-3,6-7H,1,4-5,8-10H2;1-5H;/q-5;-1;. The molecular weight excluding hydrogens is 262 g/mol. The first-order valence-corrected chi connectivity index (χ1v) is 6.55. The molecule has 1 saturated heterocycles. The summed E-state index contributed by atoms with van der Waals surface area (Å²) in [4.78, 5) is 2.55. The Hall–Kier alpha value is -0.821. The van der Waals surface area contributed by atoms with Gasteiger partial charge in [-0.2, -0.15) is 24.7 Å². The first-order chi connectivity index (χ1) is 8.45. The summed E-state index contributed by atoms with van der Waals surface area (Å²) in [6.07, 6.45) is 4.21. The molecule has 2 aromatic rings. The second kappa shape index (κ2) is 9.16. The van der Waals surface area contributed by atoms with E-state index >= 15 is 0 Å². The van der Waals surface area contributed by atoms with Crippen molar-refractivity contribution in [3.63, 3.8) is 0 Å². The SMILES string of the molecule is [Fe].[cH-]1[cH-][cH-][c-](CN2CCCCC2)[cH-]1.c1cc[cH-]c1. The molecule has 0 spiro atoms. The minimum absolute atomic E-state index is 0. The Morgan fingerprint density at radius 3 is 2.06 bits per heavy atom. The van der Waals surface area contributed by atoms with Crippen LogP contribution in [0, 0.1) is 0 Å². The number of hydrogen-bond donors (Lipinski definition) is 0. The molecule has 1 heterocycles. The van der Waals surface area contributed by atoms with E-state index < -0.39 is 0 Å². The Balaban J connectivity index is 0.000000230. The van der Waals surface area contributed by atoms with Crippen molar-refractivity contribution in [2.24, 2.45) is 0 Å². The van der Waals surface area contributed by atoms with Gasteiger partial charge in [0.05, 0.1) is 0 Å². The maximum Gasteiger partial charge on any atom is 0 e. The fraction of sp³-hybridized carbons (Fsp3) is 0.375. The number of piperidine rings is 1. The van der Waals surface area contributed by atoms with Crippen molar-refractivity contribution in [2.45, 2.75) is 25.8 Å². The Bertz CT molecular complexity index is 341. The molecule has 1 nitrogen and oxygen atoms in total. The molecule has 1 aliphatic heterocycles. The Morgan fingerprint density at radius 2 is 1.56 bits per heavy atom. The molecule has 0 aromatic heterocycles. The van der Waals surface area contributed by atoms with Crippen molar-refractivity contribution < 1.29 is 17.1 Å². The topological polar surface area (TPSA) is 3.24 Å². The van der Waals surface area contributed by atoms with E-state index in [-0.39, 0.29) is 17.1 Å². The Labute approximate surface area is 121 Å². The summed E-state index contributed by atoms with van der Waals surface area (Å²) in [6.45, 7) is 3.75. The number of likely N-dealkylation sites (tertiary alicyclic amines) is 1. The van der Waals surface area contributed by atoms with Crippen LogP contribution in [0.2, 0.25) is 0 Å². The quantitative estimate of drug-likeness (QED) is 0.598. The minimum Gasteiger partial charge on any atom is -0.748 e. The average Bonchev–Trinajstić information content (AvgIpc) is 3.06. The summed E-state index contributed by atoms with van der Waals surface area (Å²) < 4.78 is 0. The fourth-order valence-electron chi connectivity index (χ4n) is 2.22. The van der Waals surface area contributed by atoms with Gasteiger partial charge in [0.1, 0.15) is 0 Å². The summed E-state index contributed by atoms with van der Waals surface area (Å²) in [7, 11) is 0. The molecule has 3 rings (SSSR count). The van der Waals surface area contributed by atoms with Gasteiger partial charge in [0.2, 0.25) is 0 Å². The molecule has 0 N–H and O–H groups in total. The zero-order valence-corrected chi connectivity index (χ0v) is 11.8. The van der Waals surface area contributed by atoms with Crippen molar-refractivity contribution >= 4 is 0 Å². The van der Waals surface area contributed by atoms with Crippen molar-refractivity contribution in [3.8, 4) is 0 Å². The Kier molecular flexibility index (Phi) is 7.75. The van der Waals surface area contributed by atoms with Crippen LogP contribution in [0.15, 0.2) is 54.6 Å². The van der Waals surface area contributed by atoms with Crippen molar-refractivity contribution in [1.29, 1.82) is 0 Å². The van der Waals surface area contributed by atoms with E-state index in [1.807, 2.05) is 30.3 Å². The molecule has 0 atom stereocenters. The summed E-state index contributed by atoms with van der Waals surface area (Å²) >= 11 is 0. The van der Waals surface area contributed by atoms with E-state index in [1.54, 1.807) is 0 Å². The summed E-state index contributed by atoms with van der Waals surface area (Å²) in [5, 5.41) is 0. The van der Waals surface area contributed by atoms with Crippen molar-refractivity contribution in [1.82, 2.24) is 4.90 Å². The largest absolute Gasteiger partial charge is 0.748 e. The van der Waals surface area contributed by atoms with E-state index in [1.165, 1.54) is 37.9 Å². The van der Waals surface area contributed by atoms with Gasteiger partial charge >= 0.3 is 0 Å². The normalized spacial score (nSPS) is 15.3. The maximum atomic E-state index is 2.55. The van der Waals surface area contributed by atoms with Gasteiger partial charge in [-0.25, -0.2) is 12.1 Å². The van der Waals surface area contributed by atoms with Gasteiger partial charge in [0, 0.05) is 17.1 Å². The molecule has 0 aliphatic carbocycles. The van der Waals surface area contributed by atoms with Crippen LogP contribution in [-0.4, -0.2) is 18.0 Å². The number of hydrogen-bond acceptors (Lipinski definition) is 1. The predicted molar refractivity (Wildman–Crippen MR) is 73.2 cm³/mol. The summed E-state index contributed by atoms with van der Waals surface area (Å²) in [5.41, 5.74) is 1.47. The molecule has 0 saturated carbocycles. The minimum atomic E-state index is 0. The van der Waals surface area contributed by atoms with Crippen LogP contribution in [0.25, 0.3) is 0 Å². The molecule has 0 bridgehead atoms. The molecule has 18 heavy (non-hydrogen) atoms. The zero-order chi connectivity index (χ0) is 11.8. The van der Waals surface area contributed by atoms with Gasteiger partial charge in [0.25, 0.3) is 0 Å². The number of rotatable bonds is 2. The molecule has 2 aromatic carbocycles. The van der Waals surface area contributed by atoms with Crippen LogP contribution >= 0.6 is 0 Å². The molecule has 104 valence electrons. The molecule has 1 aliphatic rings. The van der Waals surface area contributed by atoms with Crippen LogP contribution in [-0.2, 0) is 23.6 Å². The van der Waals surface area contributed by atoms with E-state index in [0.29, 0.717) is 0 Å². The molecular formula is C16H21FeN-6. The first kappa shape index (κ1) is 15.2. The second-order valence-electron chi connectivity index (χ2n) is 4.59. The summed E-state index contributed by atoms with van der Waals surface area (Å²) in [5.74, 6) is 0. The van der Waals surface area contributed by atoms with Crippen LogP contribution in [0.1, 0.15) is 24.8 Å². The third-order valence-electron chi connectivity index (χ3n) is 3.14. The van der Waals surface area contributed by atoms with Gasteiger partial charge < -0.3 is 34.7 Å². The van der Waals surface area contributed by atoms with Crippen LogP contribution in [0.4, 0.5) is 0 Å². The molecule has 0 radical (unpaired) electrons. The fourth-order valence-corrected chi connectivity index (χ4v) is 2.22. The van der Waals surface area contributed by atoms with Gasteiger partial charge in [-0.3, -0.25) is 0 Å².